The van der Waals surface area contributed by atoms with Gasteiger partial charge in [-0.2, -0.15) is 5.10 Å². The van der Waals surface area contributed by atoms with E-state index >= 15 is 0 Å². The fourth-order valence-electron chi connectivity index (χ4n) is 3.23. The molecule has 0 saturated carbocycles. The lowest BCUT2D eigenvalue weighted by molar-refractivity contribution is 0.351. The molecular weight excluding hydrogens is 371 g/mol. The van der Waals surface area contributed by atoms with Crippen LogP contribution in [0.15, 0.2) is 41.6 Å². The summed E-state index contributed by atoms with van der Waals surface area (Å²) in [5.74, 6) is -0.622. The van der Waals surface area contributed by atoms with Crippen LogP contribution in [-0.4, -0.2) is 42.5 Å². The number of benzene rings is 1. The summed E-state index contributed by atoms with van der Waals surface area (Å²) in [5, 5.41) is 8.66. The number of ether oxygens (including phenoxy) is 1. The molecule has 1 N–H and O–H groups in total. The van der Waals surface area contributed by atoms with Gasteiger partial charge in [-0.15, -0.1) is 0 Å². The maximum atomic E-state index is 14.2. The molecule has 3 heterocycles. The van der Waals surface area contributed by atoms with Gasteiger partial charge in [-0.1, -0.05) is 0 Å². The van der Waals surface area contributed by atoms with Crippen LogP contribution in [0, 0.1) is 5.82 Å². The van der Waals surface area contributed by atoms with Crippen molar-refractivity contribution in [3.63, 3.8) is 0 Å². The van der Waals surface area contributed by atoms with Crippen molar-refractivity contribution in [2.45, 2.75) is 23.8 Å². The Morgan fingerprint density at radius 3 is 2.70 bits per heavy atom. The van der Waals surface area contributed by atoms with Gasteiger partial charge in [0, 0.05) is 17.7 Å². The van der Waals surface area contributed by atoms with Gasteiger partial charge in [-0.05, 0) is 44.1 Å². The first-order chi connectivity index (χ1) is 12.9. The lowest BCUT2D eigenvalue weighted by atomic mass is 10.1. The van der Waals surface area contributed by atoms with E-state index in [-0.39, 0.29) is 16.5 Å². The molecule has 1 aromatic carbocycles. The molecule has 1 fully saturated rings. The van der Waals surface area contributed by atoms with E-state index in [9.17, 15) is 12.8 Å². The third kappa shape index (κ3) is 3.65. The average molecular weight is 390 g/mol. The maximum Gasteiger partial charge on any atom is 0.220 e. The van der Waals surface area contributed by atoms with Crippen molar-refractivity contribution in [2.24, 2.45) is 0 Å². The lowest BCUT2D eigenvalue weighted by Crippen LogP contribution is -2.29. The van der Waals surface area contributed by atoms with Gasteiger partial charge >= 0.3 is 0 Å². The van der Waals surface area contributed by atoms with Crippen LogP contribution in [0.5, 0.6) is 11.6 Å². The number of nitrogens with zero attached hydrogens (tertiary/aromatic N) is 3. The molecule has 0 unspecified atom stereocenters. The van der Waals surface area contributed by atoms with E-state index in [2.05, 4.69) is 15.4 Å². The summed E-state index contributed by atoms with van der Waals surface area (Å²) < 4.78 is 44.7. The van der Waals surface area contributed by atoms with Crippen LogP contribution in [0.25, 0.3) is 10.9 Å². The second kappa shape index (κ2) is 6.90. The first-order valence-corrected chi connectivity index (χ1v) is 10.5. The Morgan fingerprint density at radius 2 is 2.00 bits per heavy atom. The predicted octanol–water partition coefficient (Wildman–Crippen LogP) is 2.69. The second-order valence-corrected chi connectivity index (χ2v) is 8.63. The molecule has 2 aromatic heterocycles. The fraction of sp³-hybridized carbons (Fsp3) is 0.333. The summed E-state index contributed by atoms with van der Waals surface area (Å²) in [6.07, 6.45) is 6.45. The van der Waals surface area contributed by atoms with Gasteiger partial charge in [0.1, 0.15) is 0 Å². The van der Waals surface area contributed by atoms with E-state index in [1.807, 2.05) is 4.68 Å². The monoisotopic (exact) mass is 390 g/mol. The first kappa shape index (κ1) is 17.9. The Hall–Kier alpha value is -2.52. The van der Waals surface area contributed by atoms with E-state index in [0.717, 1.165) is 49.2 Å². The molecule has 1 saturated heterocycles. The highest BCUT2D eigenvalue weighted by Gasteiger charge is 2.18. The van der Waals surface area contributed by atoms with Crippen LogP contribution in [0.1, 0.15) is 18.9 Å². The van der Waals surface area contributed by atoms with Gasteiger partial charge in [-0.3, -0.25) is 4.68 Å². The highest BCUT2D eigenvalue weighted by atomic mass is 32.2. The highest BCUT2D eigenvalue weighted by molar-refractivity contribution is 7.90. The van der Waals surface area contributed by atoms with Crippen molar-refractivity contribution < 1.29 is 17.5 Å². The number of halogens is 1. The Bertz CT molecular complexity index is 1090. The molecule has 27 heavy (non-hydrogen) atoms. The molecule has 4 rings (SSSR count). The average Bonchev–Trinajstić information content (AvgIpc) is 3.06. The zero-order valence-corrected chi connectivity index (χ0v) is 15.5. The number of pyridine rings is 1. The number of piperidine rings is 1. The van der Waals surface area contributed by atoms with E-state index in [1.54, 1.807) is 18.5 Å². The van der Waals surface area contributed by atoms with Gasteiger partial charge in [0.25, 0.3) is 0 Å². The van der Waals surface area contributed by atoms with Crippen molar-refractivity contribution in [3.05, 3.63) is 42.5 Å². The maximum absolute atomic E-state index is 14.2. The summed E-state index contributed by atoms with van der Waals surface area (Å²) in [4.78, 5) is 4.16. The first-order valence-electron chi connectivity index (χ1n) is 8.63. The summed E-state index contributed by atoms with van der Waals surface area (Å²) in [6.45, 7) is 1.92. The third-order valence-corrected chi connectivity index (χ3v) is 5.77. The normalized spacial score (nSPS) is 15.9. The minimum absolute atomic E-state index is 0.0833. The van der Waals surface area contributed by atoms with Crippen LogP contribution in [0.3, 0.4) is 0 Å². The molecule has 0 spiro atoms. The molecule has 142 valence electrons. The van der Waals surface area contributed by atoms with Crippen molar-refractivity contribution in [2.75, 3.05) is 19.3 Å². The quantitative estimate of drug-likeness (QED) is 0.737. The molecule has 9 heteroatoms. The zero-order chi connectivity index (χ0) is 19.0. The van der Waals surface area contributed by atoms with Crippen LogP contribution in [-0.2, 0) is 9.84 Å². The number of aromatic nitrogens is 3. The molecule has 0 atom stereocenters. The smallest absolute Gasteiger partial charge is 0.220 e. The van der Waals surface area contributed by atoms with Crippen molar-refractivity contribution in [1.82, 2.24) is 20.1 Å². The molecule has 1 aliphatic heterocycles. The predicted molar refractivity (Wildman–Crippen MR) is 98.3 cm³/mol. The zero-order valence-electron chi connectivity index (χ0n) is 14.7. The van der Waals surface area contributed by atoms with Gasteiger partial charge in [0.15, 0.2) is 21.4 Å². The molecule has 0 bridgehead atoms. The Morgan fingerprint density at radius 1 is 1.22 bits per heavy atom. The van der Waals surface area contributed by atoms with Gasteiger partial charge < -0.3 is 10.1 Å². The number of nitrogens with one attached hydrogen (secondary N) is 1. The largest absolute Gasteiger partial charge is 0.436 e. The standard InChI is InChI=1S/C18H19FN4O3S/c1-27(24,25)14-2-3-17(15(19)9-14)26-18-8-12-10-22-23(16(12)11-21-18)13-4-6-20-7-5-13/h2-3,8-11,13,20H,4-7H2,1H3. The SMILES string of the molecule is CS(=O)(=O)c1ccc(Oc2cc3cnn(C4CCNCC4)c3cn2)c(F)c1. The van der Waals surface area contributed by atoms with E-state index < -0.39 is 15.7 Å². The van der Waals surface area contributed by atoms with Crippen molar-refractivity contribution >= 4 is 20.7 Å². The number of sulfone groups is 1. The molecule has 0 amide bonds. The molecular formula is C18H19FN4O3S. The minimum atomic E-state index is -3.48. The van der Waals surface area contributed by atoms with E-state index in [0.29, 0.717) is 6.04 Å². The Labute approximate surface area is 156 Å². The fourth-order valence-corrected chi connectivity index (χ4v) is 3.86. The topological polar surface area (TPSA) is 86.1 Å². The van der Waals surface area contributed by atoms with E-state index in [4.69, 9.17) is 4.74 Å². The number of fused-ring (bicyclic) bond motifs is 1. The number of hydrogen-bond acceptors (Lipinski definition) is 6. The molecule has 0 aliphatic carbocycles. The summed E-state index contributed by atoms with van der Waals surface area (Å²) in [5.41, 5.74) is 0.905. The molecule has 0 radical (unpaired) electrons. The van der Waals surface area contributed by atoms with Gasteiger partial charge in [0.2, 0.25) is 5.88 Å². The summed E-state index contributed by atoms with van der Waals surface area (Å²) >= 11 is 0. The van der Waals surface area contributed by atoms with Gasteiger partial charge in [0.05, 0.1) is 28.8 Å². The van der Waals surface area contributed by atoms with Crippen LogP contribution in [0.4, 0.5) is 4.39 Å². The van der Waals surface area contributed by atoms with Crippen LogP contribution < -0.4 is 10.1 Å². The van der Waals surface area contributed by atoms with Crippen molar-refractivity contribution in [3.8, 4) is 11.6 Å². The number of hydrogen-bond donors (Lipinski definition) is 1. The minimum Gasteiger partial charge on any atom is -0.436 e. The molecule has 1 aliphatic rings. The molecule has 7 nitrogen and oxygen atoms in total. The summed E-state index contributed by atoms with van der Waals surface area (Å²) in [6, 6.07) is 5.57. The Kier molecular flexibility index (Phi) is 4.56. The highest BCUT2D eigenvalue weighted by Crippen LogP contribution is 2.29. The lowest BCUT2D eigenvalue weighted by Gasteiger charge is -2.23. The number of rotatable bonds is 4. The van der Waals surface area contributed by atoms with Crippen LogP contribution >= 0.6 is 0 Å². The second-order valence-electron chi connectivity index (χ2n) is 6.62. The van der Waals surface area contributed by atoms with Gasteiger partial charge in [-0.25, -0.2) is 17.8 Å². The van der Waals surface area contributed by atoms with E-state index in [1.165, 1.54) is 12.1 Å². The van der Waals surface area contributed by atoms with Crippen LogP contribution in [0.2, 0.25) is 0 Å². The summed E-state index contributed by atoms with van der Waals surface area (Å²) in [7, 11) is -3.48. The third-order valence-electron chi connectivity index (χ3n) is 4.66. The Balaban J connectivity index is 1.60. The van der Waals surface area contributed by atoms with Crippen molar-refractivity contribution in [1.29, 1.82) is 0 Å². The molecule has 3 aromatic rings.